The van der Waals surface area contributed by atoms with Gasteiger partial charge in [0.15, 0.2) is 0 Å². The molecule has 10 heteroatoms. The molecule has 0 saturated heterocycles. The van der Waals surface area contributed by atoms with Crippen LogP contribution >= 0.6 is 0 Å². The Morgan fingerprint density at radius 1 is 0.588 bits per heavy atom. The maximum Gasteiger partial charge on any atom is 0.336 e. The molecule has 2 aromatic heterocycles. The van der Waals surface area contributed by atoms with Crippen LogP contribution in [0.2, 0.25) is 0 Å². The van der Waals surface area contributed by atoms with E-state index < -0.39 is 46.0 Å². The predicted molar refractivity (Wildman–Crippen MR) is 124 cm³/mol. The molecular formula is C24H22N4O6. The Hall–Kier alpha value is -4.60. The van der Waals surface area contributed by atoms with Crippen LogP contribution in [-0.4, -0.2) is 43.9 Å². The number of amides is 2. The molecule has 0 aliphatic heterocycles. The highest BCUT2D eigenvalue weighted by atomic mass is 16.4. The molecule has 0 bridgehead atoms. The highest BCUT2D eigenvalue weighted by Crippen LogP contribution is 2.22. The summed E-state index contributed by atoms with van der Waals surface area (Å²) in [6, 6.07) is 8.49. The molecule has 0 aliphatic rings. The summed E-state index contributed by atoms with van der Waals surface area (Å²) in [5.41, 5.74) is 0.979. The molecule has 2 amide bonds. The van der Waals surface area contributed by atoms with Crippen molar-refractivity contribution in [2.75, 3.05) is 10.6 Å². The summed E-state index contributed by atoms with van der Waals surface area (Å²) in [5, 5.41) is 24.3. The number of nitrogens with one attached hydrogen (secondary N) is 2. The number of carbonyl (C=O) groups excluding carboxylic acids is 2. The van der Waals surface area contributed by atoms with Gasteiger partial charge >= 0.3 is 11.9 Å². The van der Waals surface area contributed by atoms with Gasteiger partial charge in [-0.15, -0.1) is 0 Å². The smallest absolute Gasteiger partial charge is 0.336 e. The molecule has 3 rings (SSSR count). The number of hydrogen-bond donors (Lipinski definition) is 4. The van der Waals surface area contributed by atoms with Gasteiger partial charge in [0.25, 0.3) is 11.8 Å². The Balaban J connectivity index is 2.04. The Bertz CT molecular complexity index is 1210. The molecule has 0 unspecified atom stereocenters. The Morgan fingerprint density at radius 3 is 1.24 bits per heavy atom. The third-order valence-corrected chi connectivity index (χ3v) is 4.79. The second kappa shape index (κ2) is 9.49. The average molecular weight is 462 g/mol. The number of rotatable bonds is 6. The monoisotopic (exact) mass is 462 g/mol. The molecule has 10 nitrogen and oxygen atoms in total. The number of aryl methyl sites for hydroxylation is 4. The molecule has 174 valence electrons. The van der Waals surface area contributed by atoms with E-state index in [1.54, 1.807) is 52.0 Å². The van der Waals surface area contributed by atoms with E-state index in [-0.39, 0.29) is 11.6 Å². The number of carboxylic acids is 2. The van der Waals surface area contributed by atoms with Crippen molar-refractivity contribution in [2.45, 2.75) is 27.7 Å². The van der Waals surface area contributed by atoms with Gasteiger partial charge in [0.05, 0.1) is 22.3 Å². The zero-order valence-electron chi connectivity index (χ0n) is 18.9. The van der Waals surface area contributed by atoms with Crippen LogP contribution in [0.3, 0.4) is 0 Å². The summed E-state index contributed by atoms with van der Waals surface area (Å²) < 4.78 is 0. The number of hydrogen-bond acceptors (Lipinski definition) is 6. The van der Waals surface area contributed by atoms with Gasteiger partial charge in [-0.25, -0.2) is 19.6 Å². The lowest BCUT2D eigenvalue weighted by molar-refractivity contribution is 0.0677. The lowest BCUT2D eigenvalue weighted by atomic mass is 9.97. The zero-order valence-corrected chi connectivity index (χ0v) is 18.9. The van der Waals surface area contributed by atoms with E-state index in [0.717, 1.165) is 23.3 Å². The Morgan fingerprint density at radius 2 is 0.941 bits per heavy atom. The fourth-order valence-corrected chi connectivity index (χ4v) is 3.51. The van der Waals surface area contributed by atoms with Gasteiger partial charge in [0.2, 0.25) is 0 Å². The van der Waals surface area contributed by atoms with Gasteiger partial charge in [-0.05, 0) is 75.2 Å². The minimum absolute atomic E-state index is 0.179. The third-order valence-electron chi connectivity index (χ3n) is 4.79. The van der Waals surface area contributed by atoms with Crippen molar-refractivity contribution in [3.8, 4) is 0 Å². The molecule has 4 N–H and O–H groups in total. The first kappa shape index (κ1) is 24.1. The standard InChI is InChI=1S/C24H22N4O6/c1-11-5-13(3)25-19(7-11)27-21(29)15-9-18(24(33)34)16(10-17(15)23(31)32)22(30)28-20-8-12(2)6-14(4)26-20/h5-10H,1-4H3,(H,31,32)(H,33,34)(H,25,27,29)(H,26,28,30). The number of carboxylic acid groups (broad SMARTS) is 2. The Kier molecular flexibility index (Phi) is 6.71. The van der Waals surface area contributed by atoms with Gasteiger partial charge in [-0.3, -0.25) is 9.59 Å². The van der Waals surface area contributed by atoms with Crippen molar-refractivity contribution in [3.63, 3.8) is 0 Å². The molecule has 0 atom stereocenters. The van der Waals surface area contributed by atoms with Crippen LogP contribution in [0.4, 0.5) is 11.6 Å². The van der Waals surface area contributed by atoms with Gasteiger partial charge in [-0.2, -0.15) is 0 Å². The van der Waals surface area contributed by atoms with Crippen molar-refractivity contribution in [1.82, 2.24) is 9.97 Å². The van der Waals surface area contributed by atoms with Crippen LogP contribution in [0, 0.1) is 27.7 Å². The number of nitrogens with zero attached hydrogens (tertiary/aromatic N) is 2. The highest BCUT2D eigenvalue weighted by Gasteiger charge is 2.26. The van der Waals surface area contributed by atoms with E-state index in [9.17, 15) is 29.4 Å². The Labute approximate surface area is 194 Å². The summed E-state index contributed by atoms with van der Waals surface area (Å²) in [6.07, 6.45) is 0. The van der Waals surface area contributed by atoms with Crippen LogP contribution in [0.25, 0.3) is 0 Å². The average Bonchev–Trinajstić information content (AvgIpc) is 2.70. The van der Waals surface area contributed by atoms with Crippen molar-refractivity contribution in [3.05, 3.63) is 81.2 Å². The van der Waals surface area contributed by atoms with Crippen molar-refractivity contribution in [1.29, 1.82) is 0 Å². The van der Waals surface area contributed by atoms with Gasteiger partial charge in [0.1, 0.15) is 11.6 Å². The van der Waals surface area contributed by atoms with Crippen LogP contribution in [0.1, 0.15) is 63.9 Å². The largest absolute Gasteiger partial charge is 0.478 e. The molecule has 0 radical (unpaired) electrons. The first-order valence-corrected chi connectivity index (χ1v) is 10.1. The van der Waals surface area contributed by atoms with Crippen LogP contribution in [0.15, 0.2) is 36.4 Å². The predicted octanol–water partition coefficient (Wildman–Crippen LogP) is 3.61. The van der Waals surface area contributed by atoms with Crippen molar-refractivity contribution in [2.24, 2.45) is 0 Å². The van der Waals surface area contributed by atoms with E-state index in [2.05, 4.69) is 20.6 Å². The first-order chi connectivity index (χ1) is 15.9. The van der Waals surface area contributed by atoms with Crippen LogP contribution in [-0.2, 0) is 0 Å². The van der Waals surface area contributed by atoms with Crippen molar-refractivity contribution >= 4 is 35.4 Å². The fourth-order valence-electron chi connectivity index (χ4n) is 3.51. The molecule has 3 aromatic rings. The van der Waals surface area contributed by atoms with E-state index in [0.29, 0.717) is 11.4 Å². The summed E-state index contributed by atoms with van der Waals surface area (Å²) in [5.74, 6) is -4.40. The molecule has 0 saturated carbocycles. The molecule has 0 fully saturated rings. The molecule has 2 heterocycles. The zero-order chi connectivity index (χ0) is 25.2. The van der Waals surface area contributed by atoms with E-state index in [4.69, 9.17) is 0 Å². The number of benzene rings is 1. The quantitative estimate of drug-likeness (QED) is 0.432. The van der Waals surface area contributed by atoms with E-state index in [1.165, 1.54) is 0 Å². The second-order valence-electron chi connectivity index (χ2n) is 7.80. The lowest BCUT2D eigenvalue weighted by Gasteiger charge is -2.13. The topological polar surface area (TPSA) is 159 Å². The fraction of sp³-hybridized carbons (Fsp3) is 0.167. The summed E-state index contributed by atoms with van der Waals surface area (Å²) in [7, 11) is 0. The minimum Gasteiger partial charge on any atom is -0.478 e. The second-order valence-corrected chi connectivity index (χ2v) is 7.80. The number of carbonyl (C=O) groups is 4. The first-order valence-electron chi connectivity index (χ1n) is 10.1. The van der Waals surface area contributed by atoms with Gasteiger partial charge in [-0.1, -0.05) is 0 Å². The normalized spacial score (nSPS) is 10.5. The minimum atomic E-state index is -1.51. The highest BCUT2D eigenvalue weighted by molar-refractivity contribution is 6.16. The molecule has 0 spiro atoms. The molecule has 0 aliphatic carbocycles. The van der Waals surface area contributed by atoms with E-state index >= 15 is 0 Å². The number of aromatic nitrogens is 2. The van der Waals surface area contributed by atoms with Crippen LogP contribution in [0.5, 0.6) is 0 Å². The number of anilines is 2. The third kappa shape index (κ3) is 5.41. The maximum atomic E-state index is 12.9. The van der Waals surface area contributed by atoms with Crippen molar-refractivity contribution < 1.29 is 29.4 Å². The SMILES string of the molecule is Cc1cc(C)nc(NC(=O)c2cc(C(=O)O)c(C(=O)Nc3cc(C)cc(C)n3)cc2C(=O)O)c1. The molecule has 34 heavy (non-hydrogen) atoms. The van der Waals surface area contributed by atoms with Gasteiger partial charge in [0, 0.05) is 11.4 Å². The molecular weight excluding hydrogens is 440 g/mol. The van der Waals surface area contributed by atoms with Gasteiger partial charge < -0.3 is 20.8 Å². The summed E-state index contributed by atoms with van der Waals surface area (Å²) in [4.78, 5) is 57.9. The number of aromatic carboxylic acids is 2. The molecule has 1 aromatic carbocycles. The van der Waals surface area contributed by atoms with E-state index in [1.807, 2.05) is 0 Å². The maximum absolute atomic E-state index is 12.9. The van der Waals surface area contributed by atoms with Crippen LogP contribution < -0.4 is 10.6 Å². The summed E-state index contributed by atoms with van der Waals surface area (Å²) in [6.45, 7) is 7.05. The number of pyridine rings is 2. The lowest BCUT2D eigenvalue weighted by Crippen LogP contribution is -2.23. The summed E-state index contributed by atoms with van der Waals surface area (Å²) >= 11 is 0.